The fourth-order valence-corrected chi connectivity index (χ4v) is 1.72. The molecule has 4 nitrogen and oxygen atoms in total. The SMILES string of the molecule is COCC(O)CNC(C)CCS(C)=O. The molecule has 3 atom stereocenters. The molecule has 0 fully saturated rings. The summed E-state index contributed by atoms with van der Waals surface area (Å²) >= 11 is 0. The van der Waals surface area contributed by atoms with Gasteiger partial charge in [0.2, 0.25) is 0 Å². The van der Waals surface area contributed by atoms with E-state index in [4.69, 9.17) is 4.74 Å². The molecule has 0 amide bonds. The quantitative estimate of drug-likeness (QED) is 0.595. The van der Waals surface area contributed by atoms with Crippen molar-refractivity contribution in [2.45, 2.75) is 25.5 Å². The van der Waals surface area contributed by atoms with E-state index in [9.17, 15) is 9.32 Å². The van der Waals surface area contributed by atoms with E-state index in [0.29, 0.717) is 18.9 Å². The molecule has 3 unspecified atom stereocenters. The highest BCUT2D eigenvalue weighted by atomic mass is 32.2. The standard InChI is InChI=1S/C9H21NO3S/c1-8(4-5-14(3)12)10-6-9(11)7-13-2/h8-11H,4-7H2,1-3H3. The van der Waals surface area contributed by atoms with Crippen LogP contribution in [0.4, 0.5) is 0 Å². The number of ether oxygens (including phenoxy) is 1. The van der Waals surface area contributed by atoms with Crippen LogP contribution in [0.3, 0.4) is 0 Å². The number of aliphatic hydroxyl groups excluding tert-OH is 1. The van der Waals surface area contributed by atoms with Crippen LogP contribution in [-0.2, 0) is 15.5 Å². The normalized spacial score (nSPS) is 17.7. The summed E-state index contributed by atoms with van der Waals surface area (Å²) in [6, 6.07) is 0.283. The van der Waals surface area contributed by atoms with Gasteiger partial charge in [0, 0.05) is 42.5 Å². The summed E-state index contributed by atoms with van der Waals surface area (Å²) in [6.07, 6.45) is 2.10. The van der Waals surface area contributed by atoms with Crippen molar-refractivity contribution in [1.82, 2.24) is 5.32 Å². The van der Waals surface area contributed by atoms with E-state index in [1.807, 2.05) is 6.92 Å². The number of aliphatic hydroxyl groups is 1. The zero-order chi connectivity index (χ0) is 11.0. The highest BCUT2D eigenvalue weighted by molar-refractivity contribution is 7.84. The number of hydrogen-bond acceptors (Lipinski definition) is 4. The molecule has 0 spiro atoms. The Morgan fingerprint density at radius 1 is 1.57 bits per heavy atom. The largest absolute Gasteiger partial charge is 0.389 e. The molecule has 0 rings (SSSR count). The van der Waals surface area contributed by atoms with Crippen LogP contribution >= 0.6 is 0 Å². The summed E-state index contributed by atoms with van der Waals surface area (Å²) in [7, 11) is 0.831. The first-order valence-corrected chi connectivity index (χ1v) is 6.49. The summed E-state index contributed by atoms with van der Waals surface area (Å²) < 4.78 is 15.6. The Bertz CT molecular complexity index is 166. The molecule has 0 aliphatic rings. The van der Waals surface area contributed by atoms with E-state index >= 15 is 0 Å². The van der Waals surface area contributed by atoms with Crippen molar-refractivity contribution < 1.29 is 14.1 Å². The van der Waals surface area contributed by atoms with E-state index in [2.05, 4.69) is 5.32 Å². The van der Waals surface area contributed by atoms with Gasteiger partial charge in [-0.05, 0) is 13.3 Å². The van der Waals surface area contributed by atoms with Gasteiger partial charge in [0.05, 0.1) is 12.7 Å². The van der Waals surface area contributed by atoms with Crippen LogP contribution in [0.25, 0.3) is 0 Å². The van der Waals surface area contributed by atoms with Crippen molar-refractivity contribution in [1.29, 1.82) is 0 Å². The Morgan fingerprint density at radius 2 is 2.21 bits per heavy atom. The second-order valence-corrected chi connectivity index (χ2v) is 5.04. The number of nitrogens with one attached hydrogen (secondary N) is 1. The lowest BCUT2D eigenvalue weighted by Crippen LogP contribution is -2.36. The molecule has 0 saturated heterocycles. The van der Waals surface area contributed by atoms with Crippen LogP contribution in [-0.4, -0.2) is 53.7 Å². The third kappa shape index (κ3) is 8.62. The first-order valence-electron chi connectivity index (χ1n) is 4.76. The first-order chi connectivity index (χ1) is 6.56. The van der Waals surface area contributed by atoms with Crippen LogP contribution in [0, 0.1) is 0 Å². The molecule has 0 aromatic rings. The zero-order valence-electron chi connectivity index (χ0n) is 9.16. The van der Waals surface area contributed by atoms with E-state index in [1.54, 1.807) is 13.4 Å². The number of rotatable bonds is 8. The van der Waals surface area contributed by atoms with Crippen LogP contribution < -0.4 is 5.32 Å². The molecular weight excluding hydrogens is 202 g/mol. The maximum atomic E-state index is 10.8. The van der Waals surface area contributed by atoms with Crippen molar-refractivity contribution in [3.8, 4) is 0 Å². The zero-order valence-corrected chi connectivity index (χ0v) is 9.97. The van der Waals surface area contributed by atoms with Gasteiger partial charge in [-0.1, -0.05) is 0 Å². The van der Waals surface area contributed by atoms with Gasteiger partial charge in [0.15, 0.2) is 0 Å². The minimum Gasteiger partial charge on any atom is -0.389 e. The van der Waals surface area contributed by atoms with Gasteiger partial charge in [-0.2, -0.15) is 0 Å². The average molecular weight is 223 g/mol. The highest BCUT2D eigenvalue weighted by Gasteiger charge is 2.06. The highest BCUT2D eigenvalue weighted by Crippen LogP contribution is 1.93. The lowest BCUT2D eigenvalue weighted by Gasteiger charge is -2.16. The lowest BCUT2D eigenvalue weighted by atomic mass is 10.2. The molecule has 5 heteroatoms. The first kappa shape index (κ1) is 14.0. The average Bonchev–Trinajstić information content (AvgIpc) is 2.12. The second kappa shape index (κ2) is 8.35. The molecule has 0 aliphatic carbocycles. The molecular formula is C9H21NO3S. The van der Waals surface area contributed by atoms with Crippen molar-refractivity contribution in [2.24, 2.45) is 0 Å². The Kier molecular flexibility index (Phi) is 8.37. The van der Waals surface area contributed by atoms with E-state index in [-0.39, 0.29) is 6.04 Å². The third-order valence-electron chi connectivity index (χ3n) is 1.90. The summed E-state index contributed by atoms with van der Waals surface area (Å²) in [6.45, 7) is 2.89. The van der Waals surface area contributed by atoms with Gasteiger partial charge in [-0.25, -0.2) is 0 Å². The Hall–Kier alpha value is 0.0300. The summed E-state index contributed by atoms with van der Waals surface area (Å²) in [5, 5.41) is 12.5. The molecule has 0 saturated carbocycles. The van der Waals surface area contributed by atoms with Gasteiger partial charge >= 0.3 is 0 Å². The minimum absolute atomic E-state index is 0.283. The van der Waals surface area contributed by atoms with Crippen molar-refractivity contribution in [2.75, 3.05) is 32.3 Å². The van der Waals surface area contributed by atoms with Gasteiger partial charge in [-0.3, -0.25) is 4.21 Å². The Morgan fingerprint density at radius 3 is 2.71 bits per heavy atom. The lowest BCUT2D eigenvalue weighted by molar-refractivity contribution is 0.0630. The Labute approximate surface area is 88.5 Å². The predicted molar refractivity (Wildman–Crippen MR) is 58.9 cm³/mol. The summed E-state index contributed by atoms with van der Waals surface area (Å²) in [5.41, 5.74) is 0. The van der Waals surface area contributed by atoms with E-state index in [1.165, 1.54) is 0 Å². The molecule has 86 valence electrons. The molecule has 0 heterocycles. The van der Waals surface area contributed by atoms with Gasteiger partial charge in [-0.15, -0.1) is 0 Å². The van der Waals surface area contributed by atoms with Gasteiger partial charge in [0.1, 0.15) is 0 Å². The van der Waals surface area contributed by atoms with Gasteiger partial charge in [0.25, 0.3) is 0 Å². The fraction of sp³-hybridized carbons (Fsp3) is 1.00. The molecule has 2 N–H and O–H groups in total. The summed E-state index contributed by atoms with van der Waals surface area (Å²) in [5.74, 6) is 0.703. The van der Waals surface area contributed by atoms with E-state index < -0.39 is 16.9 Å². The van der Waals surface area contributed by atoms with Crippen LogP contribution in [0.1, 0.15) is 13.3 Å². The third-order valence-corrected chi connectivity index (χ3v) is 2.71. The summed E-state index contributed by atoms with van der Waals surface area (Å²) in [4.78, 5) is 0. The van der Waals surface area contributed by atoms with Gasteiger partial charge < -0.3 is 15.2 Å². The minimum atomic E-state index is -0.731. The molecule has 0 bridgehead atoms. The second-order valence-electron chi connectivity index (χ2n) is 3.48. The van der Waals surface area contributed by atoms with Crippen LogP contribution in [0.5, 0.6) is 0 Å². The molecule has 14 heavy (non-hydrogen) atoms. The predicted octanol–water partition coefficient (Wildman–Crippen LogP) is -0.260. The number of methoxy groups -OCH3 is 1. The maximum Gasteiger partial charge on any atom is 0.0897 e. The smallest absolute Gasteiger partial charge is 0.0897 e. The number of hydrogen-bond donors (Lipinski definition) is 2. The molecule has 0 aromatic heterocycles. The van der Waals surface area contributed by atoms with Crippen LogP contribution in [0.15, 0.2) is 0 Å². The van der Waals surface area contributed by atoms with Crippen LogP contribution in [0.2, 0.25) is 0 Å². The molecule has 0 aliphatic heterocycles. The van der Waals surface area contributed by atoms with E-state index in [0.717, 1.165) is 6.42 Å². The maximum absolute atomic E-state index is 10.8. The monoisotopic (exact) mass is 223 g/mol. The molecule has 0 radical (unpaired) electrons. The fourth-order valence-electron chi connectivity index (χ4n) is 1.03. The van der Waals surface area contributed by atoms with Crippen molar-refractivity contribution in [3.05, 3.63) is 0 Å². The Balaban J connectivity index is 3.42. The molecule has 0 aromatic carbocycles. The van der Waals surface area contributed by atoms with Crippen molar-refractivity contribution in [3.63, 3.8) is 0 Å². The van der Waals surface area contributed by atoms with Crippen molar-refractivity contribution >= 4 is 10.8 Å². The topological polar surface area (TPSA) is 58.6 Å².